The van der Waals surface area contributed by atoms with E-state index >= 15 is 0 Å². The molecule has 1 amide bonds. The molecular formula is C34H45FN2O7S. The van der Waals surface area contributed by atoms with Crippen molar-refractivity contribution in [3.63, 3.8) is 0 Å². The molecule has 1 aliphatic rings. The second-order valence-electron chi connectivity index (χ2n) is 11.5. The van der Waals surface area contributed by atoms with Crippen molar-refractivity contribution in [2.24, 2.45) is 0 Å². The average molecular weight is 645 g/mol. The molecule has 1 heterocycles. The van der Waals surface area contributed by atoms with Crippen LogP contribution in [0.2, 0.25) is 0 Å². The molecule has 3 aromatic carbocycles. The summed E-state index contributed by atoms with van der Waals surface area (Å²) >= 11 is 0. The number of hydrogen-bond acceptors (Lipinski definition) is 7. The summed E-state index contributed by atoms with van der Waals surface area (Å²) in [7, 11) is -3.14. The zero-order valence-corrected chi connectivity index (χ0v) is 26.7. The van der Waals surface area contributed by atoms with Gasteiger partial charge in [-0.15, -0.1) is 0 Å². The van der Waals surface area contributed by atoms with Gasteiger partial charge in [-0.3, -0.25) is 4.79 Å². The first-order valence-corrected chi connectivity index (χ1v) is 17.1. The smallest absolute Gasteiger partial charge is 0.230 e. The number of halogens is 1. The summed E-state index contributed by atoms with van der Waals surface area (Å²) in [4.78, 5) is 14.2. The van der Waals surface area contributed by atoms with E-state index < -0.39 is 34.9 Å². The van der Waals surface area contributed by atoms with Crippen molar-refractivity contribution in [2.75, 3.05) is 30.9 Å². The topological polar surface area (TPSA) is 147 Å². The Morgan fingerprint density at radius 2 is 1.51 bits per heavy atom. The molecule has 1 unspecified atom stereocenters. The van der Waals surface area contributed by atoms with Crippen molar-refractivity contribution in [1.82, 2.24) is 4.72 Å². The van der Waals surface area contributed by atoms with Gasteiger partial charge in [-0.1, -0.05) is 55.5 Å². The molecular weight excluding hydrogens is 599 g/mol. The summed E-state index contributed by atoms with van der Waals surface area (Å²) in [5.74, 6) is -0.193. The van der Waals surface area contributed by atoms with E-state index in [2.05, 4.69) is 4.72 Å². The van der Waals surface area contributed by atoms with Crippen LogP contribution >= 0.6 is 0 Å². The first-order chi connectivity index (χ1) is 21.4. The Kier molecular flexibility index (Phi) is 13.6. The molecule has 0 saturated carbocycles. The van der Waals surface area contributed by atoms with E-state index in [1.165, 1.54) is 12.1 Å². The lowest BCUT2D eigenvalue weighted by atomic mass is 9.91. The number of rotatable bonds is 15. The predicted octanol–water partition coefficient (Wildman–Crippen LogP) is 3.95. The SMILES string of the molecule is CC[C@H](O)c1ccc(F)cc1.CS(=O)(=O)NCCCCc1ccc(N2C(=O)CC2c2ccc(CCC(O)(CO)CO)cc2)cc1. The van der Waals surface area contributed by atoms with Crippen LogP contribution in [-0.2, 0) is 27.7 Å². The van der Waals surface area contributed by atoms with Crippen LogP contribution in [0, 0.1) is 5.82 Å². The van der Waals surface area contributed by atoms with Gasteiger partial charge in [-0.25, -0.2) is 17.5 Å². The largest absolute Gasteiger partial charge is 0.393 e. The monoisotopic (exact) mass is 644 g/mol. The van der Waals surface area contributed by atoms with Gasteiger partial charge < -0.3 is 25.3 Å². The molecule has 3 aromatic rings. The van der Waals surface area contributed by atoms with Gasteiger partial charge in [0.1, 0.15) is 11.4 Å². The molecule has 11 heteroatoms. The van der Waals surface area contributed by atoms with E-state index in [1.807, 2.05) is 55.5 Å². The zero-order valence-electron chi connectivity index (χ0n) is 25.9. The maximum Gasteiger partial charge on any atom is 0.230 e. The lowest BCUT2D eigenvalue weighted by Gasteiger charge is -2.41. The third-order valence-corrected chi connectivity index (χ3v) is 8.62. The second-order valence-corrected chi connectivity index (χ2v) is 13.4. The Balaban J connectivity index is 0.000000423. The van der Waals surface area contributed by atoms with Crippen molar-refractivity contribution >= 4 is 21.6 Å². The van der Waals surface area contributed by atoms with Crippen LogP contribution in [-0.4, -0.2) is 66.4 Å². The van der Waals surface area contributed by atoms with Gasteiger partial charge >= 0.3 is 0 Å². The second kappa shape index (κ2) is 16.9. The van der Waals surface area contributed by atoms with Crippen LogP contribution < -0.4 is 9.62 Å². The number of unbranched alkanes of at least 4 members (excludes halogenated alkanes) is 1. The van der Waals surface area contributed by atoms with Gasteiger partial charge in [0.25, 0.3) is 0 Å². The van der Waals surface area contributed by atoms with E-state index in [9.17, 15) is 38.0 Å². The van der Waals surface area contributed by atoms with Crippen LogP contribution in [0.25, 0.3) is 0 Å². The van der Waals surface area contributed by atoms with Crippen molar-refractivity contribution in [3.8, 4) is 0 Å². The lowest BCUT2D eigenvalue weighted by molar-refractivity contribution is -0.124. The molecule has 0 aromatic heterocycles. The number of anilines is 1. The van der Waals surface area contributed by atoms with Gasteiger partial charge in [-0.05, 0) is 85.0 Å². The minimum atomic E-state index is -3.14. The van der Waals surface area contributed by atoms with Crippen LogP contribution in [0.4, 0.5) is 10.1 Å². The molecule has 0 spiro atoms. The fraction of sp³-hybridized carbons (Fsp3) is 0.441. The summed E-state index contributed by atoms with van der Waals surface area (Å²) in [5, 5.41) is 37.8. The van der Waals surface area contributed by atoms with E-state index in [1.54, 1.807) is 17.0 Å². The van der Waals surface area contributed by atoms with Gasteiger partial charge in [0, 0.05) is 12.2 Å². The average Bonchev–Trinajstić information content (AvgIpc) is 3.03. The summed E-state index contributed by atoms with van der Waals surface area (Å²) in [6.07, 6.45) is 5.05. The van der Waals surface area contributed by atoms with Crippen LogP contribution in [0.5, 0.6) is 0 Å². The molecule has 0 radical (unpaired) electrons. The number of aliphatic hydroxyl groups excluding tert-OH is 3. The third-order valence-electron chi connectivity index (χ3n) is 7.89. The summed E-state index contributed by atoms with van der Waals surface area (Å²) in [5.41, 5.74) is 3.30. The number of nitrogens with zero attached hydrogens (tertiary/aromatic N) is 1. The van der Waals surface area contributed by atoms with Gasteiger partial charge in [0.2, 0.25) is 15.9 Å². The van der Waals surface area contributed by atoms with E-state index in [0.717, 1.165) is 53.5 Å². The molecule has 246 valence electrons. The van der Waals surface area contributed by atoms with Gasteiger partial charge in [-0.2, -0.15) is 0 Å². The first-order valence-electron chi connectivity index (χ1n) is 15.2. The van der Waals surface area contributed by atoms with Crippen LogP contribution in [0.3, 0.4) is 0 Å². The Hall–Kier alpha value is -3.19. The standard InChI is InChI=1S/C25H34N2O6S.C9H11FO/c1-34(32,33)26-15-3-2-4-19-7-11-22(12-8-19)27-23(16-24(27)30)21-9-5-20(6-10-21)13-14-25(31,17-28)18-29;1-2-9(11)7-3-5-8(10)6-4-7/h5-12,23,26,28-29,31H,2-4,13-18H2,1H3;3-6,9,11H,2H2,1H3/t;9-/m.0/s1. The normalized spacial score (nSPS) is 15.7. The Morgan fingerprint density at radius 1 is 0.933 bits per heavy atom. The highest BCUT2D eigenvalue weighted by Crippen LogP contribution is 2.39. The molecule has 45 heavy (non-hydrogen) atoms. The Bertz CT molecular complexity index is 1450. The number of β-lactam (4-membered cyclic amide) rings is 1. The van der Waals surface area contributed by atoms with Crippen molar-refractivity contribution in [1.29, 1.82) is 0 Å². The minimum Gasteiger partial charge on any atom is -0.393 e. The highest BCUT2D eigenvalue weighted by Gasteiger charge is 2.38. The summed E-state index contributed by atoms with van der Waals surface area (Å²) in [6.45, 7) is 1.34. The molecule has 2 atom stereocenters. The first kappa shape index (κ1) is 36.3. The van der Waals surface area contributed by atoms with Crippen molar-refractivity contribution in [2.45, 2.75) is 69.6 Å². The number of aliphatic hydroxyl groups is 4. The van der Waals surface area contributed by atoms with Crippen LogP contribution in [0.15, 0.2) is 72.8 Å². The number of carbonyl (C=O) groups is 1. The minimum absolute atomic E-state index is 0.0266. The highest BCUT2D eigenvalue weighted by atomic mass is 32.2. The van der Waals surface area contributed by atoms with Gasteiger partial charge in [0.15, 0.2) is 0 Å². The lowest BCUT2D eigenvalue weighted by Crippen LogP contribution is -2.46. The maximum absolute atomic E-state index is 12.4. The van der Waals surface area contributed by atoms with E-state index in [-0.39, 0.29) is 24.2 Å². The molecule has 1 saturated heterocycles. The molecule has 0 aliphatic carbocycles. The van der Waals surface area contributed by atoms with Crippen molar-refractivity contribution in [3.05, 3.63) is 101 Å². The fourth-order valence-corrected chi connectivity index (χ4v) is 5.47. The summed E-state index contributed by atoms with van der Waals surface area (Å²) in [6, 6.07) is 21.7. The zero-order chi connectivity index (χ0) is 33.0. The maximum atomic E-state index is 12.4. The number of benzene rings is 3. The van der Waals surface area contributed by atoms with E-state index in [4.69, 9.17) is 0 Å². The number of sulfonamides is 1. The quantitative estimate of drug-likeness (QED) is 0.124. The number of carbonyl (C=O) groups excluding carboxylic acids is 1. The number of hydrogen-bond donors (Lipinski definition) is 5. The number of aryl methyl sites for hydroxylation is 2. The van der Waals surface area contributed by atoms with Gasteiger partial charge in [0.05, 0.1) is 38.0 Å². The summed E-state index contributed by atoms with van der Waals surface area (Å²) < 4.78 is 37.0. The van der Waals surface area contributed by atoms with E-state index in [0.29, 0.717) is 25.8 Å². The molecule has 1 fully saturated rings. The predicted molar refractivity (Wildman–Crippen MR) is 173 cm³/mol. The fourth-order valence-electron chi connectivity index (χ4n) is 4.95. The van der Waals surface area contributed by atoms with Crippen molar-refractivity contribution < 1.29 is 38.0 Å². The number of nitrogens with one attached hydrogen (secondary N) is 1. The number of amides is 1. The molecule has 4 rings (SSSR count). The third kappa shape index (κ3) is 11.3. The van der Waals surface area contributed by atoms with Crippen LogP contribution in [0.1, 0.15) is 73.4 Å². The molecule has 0 bridgehead atoms. The molecule has 9 nitrogen and oxygen atoms in total. The highest BCUT2D eigenvalue weighted by molar-refractivity contribution is 7.88. The Morgan fingerprint density at radius 3 is 2.04 bits per heavy atom. The molecule has 5 N–H and O–H groups in total. The Labute approximate surface area is 265 Å². The molecule has 1 aliphatic heterocycles.